The Kier molecular flexibility index (Phi) is 3.18. The Balaban J connectivity index is 1.83. The number of rotatable bonds is 2. The maximum Gasteiger partial charge on any atom is 0.223 e. The molecule has 2 atom stereocenters. The normalized spacial score (nSPS) is 28.9. The van der Waals surface area contributed by atoms with Crippen LogP contribution in [-0.2, 0) is 0 Å². The molecule has 18 heavy (non-hydrogen) atoms. The van der Waals surface area contributed by atoms with Crippen LogP contribution in [0.15, 0.2) is 0 Å². The molecule has 2 aliphatic carbocycles. The zero-order valence-corrected chi connectivity index (χ0v) is 11.1. The van der Waals surface area contributed by atoms with E-state index >= 15 is 0 Å². The van der Waals surface area contributed by atoms with E-state index in [4.69, 9.17) is 10.7 Å². The molecule has 2 aliphatic rings. The van der Waals surface area contributed by atoms with Crippen LogP contribution in [0.3, 0.4) is 0 Å². The lowest BCUT2D eigenvalue weighted by molar-refractivity contribution is 0.553. The van der Waals surface area contributed by atoms with Gasteiger partial charge in [-0.3, -0.25) is 0 Å². The topological polar surface area (TPSA) is 64.7 Å². The molecule has 98 valence electrons. The summed E-state index contributed by atoms with van der Waals surface area (Å²) in [6, 6.07) is 0. The lowest BCUT2D eigenvalue weighted by Gasteiger charge is -2.13. The summed E-state index contributed by atoms with van der Waals surface area (Å²) in [6.07, 6.45) is 8.92. The minimum atomic E-state index is 0.415. The summed E-state index contributed by atoms with van der Waals surface area (Å²) in [7, 11) is 0. The van der Waals surface area contributed by atoms with E-state index in [0.717, 1.165) is 11.6 Å². The third-order valence-corrected chi connectivity index (χ3v) is 4.35. The standard InChI is InChI=1S/C14H22N4/c1-9-8-11(9)13-16-12(17-14(15)18-13)10-6-4-2-3-5-7-10/h9-11H,2-8H2,1H3,(H2,15,16,17,18). The second kappa shape index (κ2) is 4.82. The fraction of sp³-hybridized carbons (Fsp3) is 0.786. The van der Waals surface area contributed by atoms with Gasteiger partial charge in [0.2, 0.25) is 5.95 Å². The molecule has 4 nitrogen and oxygen atoms in total. The van der Waals surface area contributed by atoms with Crippen LogP contribution < -0.4 is 5.73 Å². The molecule has 1 heterocycles. The van der Waals surface area contributed by atoms with Crippen molar-refractivity contribution in [2.24, 2.45) is 5.92 Å². The van der Waals surface area contributed by atoms with Crippen molar-refractivity contribution in [3.63, 3.8) is 0 Å². The molecule has 2 fully saturated rings. The van der Waals surface area contributed by atoms with Crippen LogP contribution in [0.2, 0.25) is 0 Å². The van der Waals surface area contributed by atoms with Gasteiger partial charge in [0, 0.05) is 11.8 Å². The fourth-order valence-electron chi connectivity index (χ4n) is 2.99. The average molecular weight is 246 g/mol. The van der Waals surface area contributed by atoms with Crippen LogP contribution >= 0.6 is 0 Å². The molecule has 0 aliphatic heterocycles. The highest BCUT2D eigenvalue weighted by Crippen LogP contribution is 2.45. The maximum atomic E-state index is 5.85. The number of nitrogens with two attached hydrogens (primary N) is 1. The van der Waals surface area contributed by atoms with Crippen molar-refractivity contribution < 1.29 is 0 Å². The molecular formula is C14H22N4. The summed E-state index contributed by atoms with van der Waals surface area (Å²) >= 11 is 0. The number of hydrogen-bond acceptors (Lipinski definition) is 4. The van der Waals surface area contributed by atoms with Gasteiger partial charge in [-0.05, 0) is 25.2 Å². The molecule has 0 radical (unpaired) electrons. The van der Waals surface area contributed by atoms with Gasteiger partial charge >= 0.3 is 0 Å². The first-order valence-corrected chi connectivity index (χ1v) is 7.25. The van der Waals surface area contributed by atoms with Crippen LogP contribution in [0.4, 0.5) is 5.95 Å². The van der Waals surface area contributed by atoms with E-state index in [9.17, 15) is 0 Å². The molecule has 0 spiro atoms. The highest BCUT2D eigenvalue weighted by atomic mass is 15.1. The molecule has 1 aromatic rings. The largest absolute Gasteiger partial charge is 0.368 e. The number of nitrogen functional groups attached to an aromatic ring is 1. The summed E-state index contributed by atoms with van der Waals surface area (Å²) < 4.78 is 0. The van der Waals surface area contributed by atoms with Gasteiger partial charge in [-0.15, -0.1) is 0 Å². The number of nitrogens with zero attached hydrogens (tertiary/aromatic N) is 3. The van der Waals surface area contributed by atoms with E-state index in [2.05, 4.69) is 16.9 Å². The lowest BCUT2D eigenvalue weighted by atomic mass is 9.99. The molecule has 0 amide bonds. The molecule has 4 heteroatoms. The number of hydrogen-bond donors (Lipinski definition) is 1. The van der Waals surface area contributed by atoms with E-state index in [-0.39, 0.29) is 0 Å². The molecule has 1 aromatic heterocycles. The van der Waals surface area contributed by atoms with Crippen LogP contribution in [0.25, 0.3) is 0 Å². The second-order valence-corrected chi connectivity index (χ2v) is 5.92. The highest BCUT2D eigenvalue weighted by molar-refractivity contribution is 5.21. The van der Waals surface area contributed by atoms with Crippen LogP contribution in [0.1, 0.15) is 75.4 Å². The van der Waals surface area contributed by atoms with Crippen molar-refractivity contribution in [3.05, 3.63) is 11.6 Å². The third-order valence-electron chi connectivity index (χ3n) is 4.35. The van der Waals surface area contributed by atoms with Crippen molar-refractivity contribution >= 4 is 5.95 Å². The Morgan fingerprint density at radius 1 is 0.944 bits per heavy atom. The smallest absolute Gasteiger partial charge is 0.223 e. The molecule has 0 bridgehead atoms. The average Bonchev–Trinajstić information content (AvgIpc) is 3.11. The quantitative estimate of drug-likeness (QED) is 0.815. The first-order chi connectivity index (χ1) is 8.74. The molecule has 0 aromatic carbocycles. The molecule has 0 saturated heterocycles. The number of aromatic nitrogens is 3. The van der Waals surface area contributed by atoms with Crippen LogP contribution in [0, 0.1) is 5.92 Å². The van der Waals surface area contributed by atoms with E-state index in [0.29, 0.717) is 23.7 Å². The maximum absolute atomic E-state index is 5.85. The van der Waals surface area contributed by atoms with Gasteiger partial charge < -0.3 is 5.73 Å². The van der Waals surface area contributed by atoms with Gasteiger partial charge in [0.05, 0.1) is 0 Å². The Bertz CT molecular complexity index is 424. The minimum absolute atomic E-state index is 0.415. The van der Waals surface area contributed by atoms with E-state index in [1.807, 2.05) is 0 Å². The molecule has 3 rings (SSSR count). The van der Waals surface area contributed by atoms with Crippen molar-refractivity contribution in [2.45, 2.75) is 63.7 Å². The van der Waals surface area contributed by atoms with Gasteiger partial charge in [-0.1, -0.05) is 32.6 Å². The summed E-state index contributed by atoms with van der Waals surface area (Å²) in [5.41, 5.74) is 5.85. The molecule has 2 unspecified atom stereocenters. The second-order valence-electron chi connectivity index (χ2n) is 5.92. The van der Waals surface area contributed by atoms with Crippen molar-refractivity contribution in [1.82, 2.24) is 15.0 Å². The molecule has 2 N–H and O–H groups in total. The Morgan fingerprint density at radius 3 is 2.17 bits per heavy atom. The van der Waals surface area contributed by atoms with E-state index < -0.39 is 0 Å². The summed E-state index contributed by atoms with van der Waals surface area (Å²) in [5.74, 6) is 4.06. The Morgan fingerprint density at radius 2 is 1.56 bits per heavy atom. The van der Waals surface area contributed by atoms with Gasteiger partial charge in [0.1, 0.15) is 11.6 Å². The van der Waals surface area contributed by atoms with Crippen molar-refractivity contribution in [3.8, 4) is 0 Å². The summed E-state index contributed by atoms with van der Waals surface area (Å²) in [4.78, 5) is 13.4. The lowest BCUT2D eigenvalue weighted by Crippen LogP contribution is -2.11. The number of anilines is 1. The van der Waals surface area contributed by atoms with Crippen molar-refractivity contribution in [1.29, 1.82) is 0 Å². The minimum Gasteiger partial charge on any atom is -0.368 e. The van der Waals surface area contributed by atoms with Crippen LogP contribution in [-0.4, -0.2) is 15.0 Å². The SMILES string of the molecule is CC1CC1c1nc(N)nc(C2CCCCCC2)n1. The third kappa shape index (κ3) is 2.47. The first kappa shape index (κ1) is 11.9. The molecule has 2 saturated carbocycles. The van der Waals surface area contributed by atoms with E-state index in [1.165, 1.54) is 44.9 Å². The van der Waals surface area contributed by atoms with Gasteiger partial charge in [-0.2, -0.15) is 9.97 Å². The van der Waals surface area contributed by atoms with Crippen molar-refractivity contribution in [2.75, 3.05) is 5.73 Å². The Hall–Kier alpha value is -1.19. The fourth-order valence-corrected chi connectivity index (χ4v) is 2.99. The van der Waals surface area contributed by atoms with Gasteiger partial charge in [-0.25, -0.2) is 4.98 Å². The van der Waals surface area contributed by atoms with Gasteiger partial charge in [0.15, 0.2) is 0 Å². The van der Waals surface area contributed by atoms with Crippen LogP contribution in [0.5, 0.6) is 0 Å². The van der Waals surface area contributed by atoms with E-state index in [1.54, 1.807) is 0 Å². The summed E-state index contributed by atoms with van der Waals surface area (Å²) in [6.45, 7) is 2.25. The molecular weight excluding hydrogens is 224 g/mol. The highest BCUT2D eigenvalue weighted by Gasteiger charge is 2.37. The zero-order chi connectivity index (χ0) is 12.5. The summed E-state index contributed by atoms with van der Waals surface area (Å²) in [5, 5.41) is 0. The predicted molar refractivity (Wildman–Crippen MR) is 71.2 cm³/mol. The zero-order valence-electron chi connectivity index (χ0n) is 11.1. The Labute approximate surface area is 108 Å². The first-order valence-electron chi connectivity index (χ1n) is 7.25. The predicted octanol–water partition coefficient (Wildman–Crippen LogP) is 3.02. The van der Waals surface area contributed by atoms with Gasteiger partial charge in [0.25, 0.3) is 0 Å². The monoisotopic (exact) mass is 246 g/mol.